The van der Waals surface area contributed by atoms with E-state index in [-0.39, 0.29) is 18.0 Å². The van der Waals surface area contributed by atoms with Crippen molar-refractivity contribution in [1.29, 1.82) is 5.26 Å². The van der Waals surface area contributed by atoms with Gasteiger partial charge in [-0.3, -0.25) is 4.79 Å². The highest BCUT2D eigenvalue weighted by Crippen LogP contribution is 2.38. The highest BCUT2D eigenvalue weighted by molar-refractivity contribution is 9.10. The molecule has 1 N–H and O–H groups in total. The molecule has 0 fully saturated rings. The highest BCUT2D eigenvalue weighted by Gasteiger charge is 2.15. The molecule has 3 rings (SSSR count). The molecule has 33 heavy (non-hydrogen) atoms. The fourth-order valence-corrected chi connectivity index (χ4v) is 3.78. The number of aryl methyl sites for hydroxylation is 1. The van der Waals surface area contributed by atoms with Gasteiger partial charge in [0.1, 0.15) is 24.1 Å². The van der Waals surface area contributed by atoms with E-state index in [1.807, 2.05) is 31.2 Å². The maximum atomic E-state index is 13.4. The lowest BCUT2D eigenvalue weighted by Gasteiger charge is -2.14. The molecule has 5 nitrogen and oxygen atoms in total. The number of rotatable bonds is 8. The molecular weight excluding hydrogens is 487 g/mol. The zero-order valence-electron chi connectivity index (χ0n) is 18.2. The van der Waals surface area contributed by atoms with Crippen LogP contribution in [0, 0.1) is 17.1 Å². The van der Waals surface area contributed by atoms with Crippen LogP contribution in [-0.4, -0.2) is 13.0 Å². The molecule has 3 aromatic rings. The van der Waals surface area contributed by atoms with E-state index in [0.717, 1.165) is 12.0 Å². The van der Waals surface area contributed by atoms with E-state index in [4.69, 9.17) is 9.47 Å². The van der Waals surface area contributed by atoms with Crippen LogP contribution in [0.2, 0.25) is 0 Å². The fourth-order valence-electron chi connectivity index (χ4n) is 3.20. The zero-order chi connectivity index (χ0) is 23.8. The topological polar surface area (TPSA) is 71.4 Å². The third kappa shape index (κ3) is 6.21. The molecule has 1 amide bonds. The van der Waals surface area contributed by atoms with Crippen LogP contribution in [0.4, 0.5) is 10.1 Å². The molecular formula is C26H22BrFN2O3. The van der Waals surface area contributed by atoms with Crippen molar-refractivity contribution in [3.05, 3.63) is 93.2 Å². The van der Waals surface area contributed by atoms with E-state index < -0.39 is 5.91 Å². The number of anilines is 1. The minimum Gasteiger partial charge on any atom is -0.493 e. The predicted molar refractivity (Wildman–Crippen MR) is 129 cm³/mol. The van der Waals surface area contributed by atoms with Crippen LogP contribution in [0.5, 0.6) is 11.5 Å². The Morgan fingerprint density at radius 1 is 1.18 bits per heavy atom. The molecule has 0 aromatic heterocycles. The number of amides is 1. The average molecular weight is 509 g/mol. The minimum absolute atomic E-state index is 0.0525. The molecule has 7 heteroatoms. The molecule has 0 saturated heterocycles. The van der Waals surface area contributed by atoms with Crippen LogP contribution in [0.1, 0.15) is 23.6 Å². The zero-order valence-corrected chi connectivity index (χ0v) is 19.8. The van der Waals surface area contributed by atoms with Crippen LogP contribution in [0.3, 0.4) is 0 Å². The Labute approximate surface area is 200 Å². The summed E-state index contributed by atoms with van der Waals surface area (Å²) in [5, 5.41) is 12.4. The smallest absolute Gasteiger partial charge is 0.266 e. The number of carbonyl (C=O) groups excluding carboxylic acids is 1. The molecule has 0 aliphatic heterocycles. The first kappa shape index (κ1) is 24.0. The lowest BCUT2D eigenvalue weighted by molar-refractivity contribution is -0.112. The van der Waals surface area contributed by atoms with Gasteiger partial charge in [0.25, 0.3) is 5.91 Å². The number of hydrogen-bond acceptors (Lipinski definition) is 4. The highest BCUT2D eigenvalue weighted by atomic mass is 79.9. The molecule has 168 valence electrons. The quantitative estimate of drug-likeness (QED) is 0.287. The van der Waals surface area contributed by atoms with Gasteiger partial charge in [-0.15, -0.1) is 0 Å². The summed E-state index contributed by atoms with van der Waals surface area (Å²) in [5.74, 6) is -0.00814. The number of para-hydroxylation sites is 1. The number of nitrogens with zero attached hydrogens (tertiary/aromatic N) is 1. The van der Waals surface area contributed by atoms with Gasteiger partial charge in [-0.1, -0.05) is 37.3 Å². The number of hydrogen-bond donors (Lipinski definition) is 1. The monoisotopic (exact) mass is 508 g/mol. The van der Waals surface area contributed by atoms with Crippen molar-refractivity contribution >= 4 is 33.6 Å². The minimum atomic E-state index is -0.500. The molecule has 3 aromatic carbocycles. The molecule has 0 saturated carbocycles. The van der Waals surface area contributed by atoms with Gasteiger partial charge in [0.15, 0.2) is 11.5 Å². The number of ether oxygens (including phenoxy) is 2. The molecule has 0 aliphatic rings. The van der Waals surface area contributed by atoms with Gasteiger partial charge in [-0.2, -0.15) is 5.26 Å². The van der Waals surface area contributed by atoms with Crippen molar-refractivity contribution in [2.45, 2.75) is 20.0 Å². The summed E-state index contributed by atoms with van der Waals surface area (Å²) < 4.78 is 25.3. The summed E-state index contributed by atoms with van der Waals surface area (Å²) in [4.78, 5) is 12.7. The van der Waals surface area contributed by atoms with Crippen LogP contribution < -0.4 is 14.8 Å². The Balaban J connectivity index is 1.83. The molecule has 0 bridgehead atoms. The van der Waals surface area contributed by atoms with E-state index in [1.54, 1.807) is 30.3 Å². The number of nitriles is 1. The first-order valence-electron chi connectivity index (χ1n) is 10.2. The molecule has 0 radical (unpaired) electrons. The normalized spacial score (nSPS) is 10.9. The second-order valence-electron chi connectivity index (χ2n) is 7.09. The van der Waals surface area contributed by atoms with Gasteiger partial charge in [0.2, 0.25) is 0 Å². The second-order valence-corrected chi connectivity index (χ2v) is 7.94. The Morgan fingerprint density at radius 3 is 2.67 bits per heavy atom. The van der Waals surface area contributed by atoms with Crippen molar-refractivity contribution in [3.63, 3.8) is 0 Å². The van der Waals surface area contributed by atoms with E-state index >= 15 is 0 Å². The molecule has 0 unspecified atom stereocenters. The van der Waals surface area contributed by atoms with Crippen molar-refractivity contribution in [1.82, 2.24) is 0 Å². The third-order valence-electron chi connectivity index (χ3n) is 4.85. The van der Waals surface area contributed by atoms with Crippen LogP contribution >= 0.6 is 15.9 Å². The number of halogens is 2. The van der Waals surface area contributed by atoms with E-state index in [9.17, 15) is 14.4 Å². The number of methoxy groups -OCH3 is 1. The van der Waals surface area contributed by atoms with Gasteiger partial charge >= 0.3 is 0 Å². The molecule has 0 heterocycles. The fraction of sp³-hybridized carbons (Fsp3) is 0.154. The maximum absolute atomic E-state index is 13.4. The van der Waals surface area contributed by atoms with Crippen molar-refractivity contribution in [2.24, 2.45) is 0 Å². The molecule has 0 aliphatic carbocycles. The second kappa shape index (κ2) is 11.3. The number of nitrogens with one attached hydrogen (secondary N) is 1. The Kier molecular flexibility index (Phi) is 8.22. The molecule has 0 spiro atoms. The van der Waals surface area contributed by atoms with E-state index in [0.29, 0.717) is 32.8 Å². The maximum Gasteiger partial charge on any atom is 0.266 e. The first-order valence-corrected chi connectivity index (χ1v) is 11.0. The van der Waals surface area contributed by atoms with Crippen molar-refractivity contribution in [3.8, 4) is 17.6 Å². The lowest BCUT2D eigenvalue weighted by atomic mass is 10.1. The van der Waals surface area contributed by atoms with Gasteiger partial charge in [-0.05, 0) is 75.4 Å². The van der Waals surface area contributed by atoms with Gasteiger partial charge in [-0.25, -0.2) is 4.39 Å². The molecule has 0 atom stereocenters. The van der Waals surface area contributed by atoms with E-state index in [1.165, 1.54) is 25.3 Å². The van der Waals surface area contributed by atoms with Crippen LogP contribution in [-0.2, 0) is 17.8 Å². The van der Waals surface area contributed by atoms with Gasteiger partial charge in [0.05, 0.1) is 11.6 Å². The van der Waals surface area contributed by atoms with Gasteiger partial charge in [0, 0.05) is 5.69 Å². The van der Waals surface area contributed by atoms with Crippen LogP contribution in [0.25, 0.3) is 6.08 Å². The van der Waals surface area contributed by atoms with E-state index in [2.05, 4.69) is 21.2 Å². The summed E-state index contributed by atoms with van der Waals surface area (Å²) in [6, 6.07) is 18.9. The SMILES string of the molecule is CCc1ccccc1NC(=O)/C(C#N)=C/c1cc(Br)c(OCc2cccc(F)c2)c(OC)c1. The largest absolute Gasteiger partial charge is 0.493 e. The summed E-state index contributed by atoms with van der Waals surface area (Å²) in [7, 11) is 1.49. The lowest BCUT2D eigenvalue weighted by Crippen LogP contribution is -2.14. The summed E-state index contributed by atoms with van der Waals surface area (Å²) in [6.45, 7) is 2.14. The van der Waals surface area contributed by atoms with Gasteiger partial charge < -0.3 is 14.8 Å². The Morgan fingerprint density at radius 2 is 1.97 bits per heavy atom. The first-order chi connectivity index (χ1) is 15.9. The third-order valence-corrected chi connectivity index (χ3v) is 5.44. The Bertz CT molecular complexity index is 1230. The summed E-state index contributed by atoms with van der Waals surface area (Å²) in [6.07, 6.45) is 2.23. The average Bonchev–Trinajstić information content (AvgIpc) is 2.81. The standard InChI is InChI=1S/C26H22BrFN2O3/c1-3-19-8-4-5-10-23(19)30-26(31)20(15-29)11-18-13-22(27)25(24(14-18)32-2)33-16-17-7-6-9-21(28)12-17/h4-14H,3,16H2,1-2H3,(H,30,31)/b20-11+. The summed E-state index contributed by atoms with van der Waals surface area (Å²) >= 11 is 3.46. The van der Waals surface area contributed by atoms with Crippen LogP contribution in [0.15, 0.2) is 70.7 Å². The van der Waals surface area contributed by atoms with Crippen molar-refractivity contribution in [2.75, 3.05) is 12.4 Å². The predicted octanol–water partition coefficient (Wildman–Crippen LogP) is 6.28. The number of carbonyl (C=O) groups is 1. The number of benzene rings is 3. The van der Waals surface area contributed by atoms with Crippen molar-refractivity contribution < 1.29 is 18.7 Å². The summed E-state index contributed by atoms with van der Waals surface area (Å²) in [5.41, 5.74) is 2.85. The Hall–Kier alpha value is -3.63.